The van der Waals surface area contributed by atoms with Gasteiger partial charge in [0.1, 0.15) is 0 Å². The van der Waals surface area contributed by atoms with E-state index in [4.69, 9.17) is 45.1 Å². The van der Waals surface area contributed by atoms with Gasteiger partial charge in [-0.3, -0.25) is 36.9 Å². The van der Waals surface area contributed by atoms with Crippen molar-refractivity contribution in [2.45, 2.75) is 11.9 Å². The van der Waals surface area contributed by atoms with E-state index in [1.165, 1.54) is 0 Å². The molecule has 0 spiro atoms. The third-order valence-corrected chi connectivity index (χ3v) is 4.84. The van der Waals surface area contributed by atoms with Crippen LogP contribution in [0.2, 0.25) is 0 Å². The van der Waals surface area contributed by atoms with Crippen molar-refractivity contribution in [2.24, 2.45) is 38.5 Å². The van der Waals surface area contributed by atoms with Crippen molar-refractivity contribution < 1.29 is 9.13 Å². The van der Waals surface area contributed by atoms with Crippen molar-refractivity contribution in [1.82, 2.24) is 9.34 Å². The maximum absolute atomic E-state index is 11.6. The smallest absolute Gasteiger partial charge is 0.305 e. The second-order valence-corrected chi connectivity index (χ2v) is 7.25. The molecular formula is C3H14ClN9O2P2. The molecule has 1 aliphatic heterocycles. The number of nitrogens with two attached hydrogens (primary N) is 6. The zero-order valence-corrected chi connectivity index (χ0v) is 11.1. The minimum atomic E-state index is -3.87. The Morgan fingerprint density at radius 3 is 2.00 bits per heavy atom. The average molecular weight is 306 g/mol. The zero-order chi connectivity index (χ0) is 13.6. The van der Waals surface area contributed by atoms with Crippen molar-refractivity contribution in [1.29, 1.82) is 0 Å². The van der Waals surface area contributed by atoms with E-state index < -0.39 is 27.1 Å². The van der Waals surface area contributed by atoms with Gasteiger partial charge in [-0.1, -0.05) is 11.6 Å². The van der Waals surface area contributed by atoms with Gasteiger partial charge in [-0.15, -0.1) is 0 Å². The minimum absolute atomic E-state index is 0.351. The van der Waals surface area contributed by atoms with Gasteiger partial charge in [-0.25, -0.2) is 9.66 Å². The fourth-order valence-corrected chi connectivity index (χ4v) is 3.96. The lowest BCUT2D eigenvalue weighted by Gasteiger charge is -2.43. The van der Waals surface area contributed by atoms with Crippen molar-refractivity contribution in [3.63, 3.8) is 0 Å². The van der Waals surface area contributed by atoms with E-state index in [1.807, 2.05) is 0 Å². The molecule has 2 unspecified atom stereocenters. The van der Waals surface area contributed by atoms with Crippen molar-refractivity contribution in [2.75, 3.05) is 0 Å². The number of alkyl halides is 1. The molecule has 0 aromatic heterocycles. The Labute approximate surface area is 102 Å². The summed E-state index contributed by atoms with van der Waals surface area (Å²) in [5.74, 6) is -0.351. The first-order chi connectivity index (χ1) is 7.46. The zero-order valence-electron chi connectivity index (χ0n) is 8.55. The van der Waals surface area contributed by atoms with Crippen molar-refractivity contribution >= 4 is 32.7 Å². The van der Waals surface area contributed by atoms with E-state index in [9.17, 15) is 9.13 Å². The molecule has 2 atom stereocenters. The third-order valence-electron chi connectivity index (χ3n) is 1.89. The lowest BCUT2D eigenvalue weighted by molar-refractivity contribution is 0.225. The highest BCUT2D eigenvalue weighted by molar-refractivity contribution is 7.58. The van der Waals surface area contributed by atoms with Gasteiger partial charge in [0.2, 0.25) is 5.96 Å². The summed E-state index contributed by atoms with van der Waals surface area (Å²) in [4.78, 5) is 3.60. The van der Waals surface area contributed by atoms with Crippen molar-refractivity contribution in [3.05, 3.63) is 0 Å². The van der Waals surface area contributed by atoms with Crippen LogP contribution in [-0.4, -0.2) is 27.2 Å². The summed E-state index contributed by atoms with van der Waals surface area (Å²) < 4.78 is 24.5. The molecular weight excluding hydrogens is 291 g/mol. The first-order valence-electron chi connectivity index (χ1n) is 4.12. The molecule has 0 amide bonds. The summed E-state index contributed by atoms with van der Waals surface area (Å²) in [6.07, 6.45) is -1.25. The molecule has 0 bridgehead atoms. The molecule has 0 saturated carbocycles. The minimum Gasteiger partial charge on any atom is -0.369 e. The summed E-state index contributed by atoms with van der Waals surface area (Å²) in [6, 6.07) is 0. The predicted octanol–water partition coefficient (Wildman–Crippen LogP) is -2.27. The second kappa shape index (κ2) is 4.47. The molecule has 14 heteroatoms. The largest absolute Gasteiger partial charge is 0.369 e. The summed E-state index contributed by atoms with van der Waals surface area (Å²) in [7, 11) is -7.72. The van der Waals surface area contributed by atoms with Crippen LogP contribution in [0.15, 0.2) is 4.99 Å². The van der Waals surface area contributed by atoms with Crippen molar-refractivity contribution in [3.8, 4) is 0 Å². The van der Waals surface area contributed by atoms with Crippen LogP contribution >= 0.6 is 26.8 Å². The maximum Gasteiger partial charge on any atom is 0.305 e. The fourth-order valence-electron chi connectivity index (χ4n) is 1.24. The highest BCUT2D eigenvalue weighted by atomic mass is 35.5. The number of guanidine groups is 1. The van der Waals surface area contributed by atoms with Gasteiger partial charge in [-0.2, -0.15) is 4.67 Å². The molecule has 1 aliphatic rings. The SMILES string of the molecule is NC1=NC(N)N(P(N)(N)=O)C(Cl)N1P(N)(N)=O. The number of hydrogen-bond donors (Lipinski definition) is 6. The summed E-state index contributed by atoms with van der Waals surface area (Å²) in [6.45, 7) is 0. The Balaban J connectivity index is 3.26. The topological polar surface area (TPSA) is 209 Å². The molecule has 17 heavy (non-hydrogen) atoms. The van der Waals surface area contributed by atoms with Gasteiger partial charge < -0.3 is 5.73 Å². The van der Waals surface area contributed by atoms with Gasteiger partial charge in [0.15, 0.2) is 11.9 Å². The van der Waals surface area contributed by atoms with Gasteiger partial charge in [0.25, 0.3) is 7.59 Å². The number of halogens is 1. The van der Waals surface area contributed by atoms with E-state index >= 15 is 0 Å². The number of rotatable bonds is 2. The molecule has 12 N–H and O–H groups in total. The number of nitrogens with zero attached hydrogens (tertiary/aromatic N) is 3. The second-order valence-electron chi connectivity index (χ2n) is 3.28. The molecule has 1 rings (SSSR count). The van der Waals surface area contributed by atoms with Gasteiger partial charge >= 0.3 is 7.59 Å². The molecule has 0 radical (unpaired) electrons. The summed E-state index contributed by atoms with van der Waals surface area (Å²) in [5, 5.41) is 0. The monoisotopic (exact) mass is 305 g/mol. The highest BCUT2D eigenvalue weighted by Crippen LogP contribution is 2.46. The first-order valence-corrected chi connectivity index (χ1v) is 8.15. The Bertz CT molecular complexity index is 428. The van der Waals surface area contributed by atoms with Gasteiger partial charge in [0, 0.05) is 0 Å². The molecule has 0 aromatic carbocycles. The van der Waals surface area contributed by atoms with Crippen LogP contribution in [0.5, 0.6) is 0 Å². The lowest BCUT2D eigenvalue weighted by atomic mass is 10.7. The fraction of sp³-hybridized carbons (Fsp3) is 0.667. The first kappa shape index (κ1) is 14.8. The van der Waals surface area contributed by atoms with Crippen LogP contribution in [0.1, 0.15) is 0 Å². The molecule has 1 heterocycles. The number of aliphatic imine (C=N–C) groups is 1. The average Bonchev–Trinajstić information content (AvgIpc) is 1.94. The van der Waals surface area contributed by atoms with E-state index in [0.29, 0.717) is 4.67 Å². The summed E-state index contributed by atoms with van der Waals surface area (Å²) in [5.41, 5.74) is 30.4. The lowest BCUT2D eigenvalue weighted by Crippen LogP contribution is -2.60. The normalized spacial score (nSPS) is 28.1. The molecule has 0 aliphatic carbocycles. The van der Waals surface area contributed by atoms with Crippen LogP contribution in [0, 0.1) is 0 Å². The van der Waals surface area contributed by atoms with E-state index in [0.717, 1.165) is 4.67 Å². The van der Waals surface area contributed by atoms with Crippen LogP contribution < -0.4 is 33.5 Å². The van der Waals surface area contributed by atoms with E-state index in [2.05, 4.69) is 4.99 Å². The van der Waals surface area contributed by atoms with Crippen LogP contribution in [0.25, 0.3) is 0 Å². The Morgan fingerprint density at radius 1 is 1.18 bits per heavy atom. The summed E-state index contributed by atoms with van der Waals surface area (Å²) >= 11 is 5.85. The predicted molar refractivity (Wildman–Crippen MR) is 64.9 cm³/mol. The molecule has 0 aromatic rings. The Hall–Kier alpha value is -0.220. The molecule has 0 saturated heterocycles. The van der Waals surface area contributed by atoms with E-state index in [1.54, 1.807) is 0 Å². The molecule has 100 valence electrons. The number of hydrogen-bond acceptors (Lipinski definition) is 5. The Morgan fingerprint density at radius 2 is 1.65 bits per heavy atom. The molecule has 11 nitrogen and oxygen atoms in total. The van der Waals surface area contributed by atoms with Crippen LogP contribution in [0.3, 0.4) is 0 Å². The van der Waals surface area contributed by atoms with Gasteiger partial charge in [0.05, 0.1) is 0 Å². The highest BCUT2D eigenvalue weighted by Gasteiger charge is 2.45. The van der Waals surface area contributed by atoms with Crippen LogP contribution in [-0.2, 0) is 9.13 Å². The van der Waals surface area contributed by atoms with Crippen LogP contribution in [0.4, 0.5) is 0 Å². The van der Waals surface area contributed by atoms with E-state index in [-0.39, 0.29) is 5.96 Å². The molecule has 0 fully saturated rings. The quantitative estimate of drug-likeness (QED) is 0.183. The standard InChI is InChI=1S/C3H14ClN9O2P2/c4-1-12(16(7,8)14)2(5)11-3(6)13(1)17(9,10)15/h1-2H,5H2,(H2,6,11)(H4,7,8,14)(H4,9,10,15). The Kier molecular flexibility index (Phi) is 3.90. The maximum atomic E-state index is 11.6. The van der Waals surface area contributed by atoms with Gasteiger partial charge in [-0.05, 0) is 0 Å². The third kappa shape index (κ3) is 2.97.